The van der Waals surface area contributed by atoms with Crippen LogP contribution in [0, 0.1) is 0 Å². The number of hydrogen-bond acceptors (Lipinski definition) is 5. The molecule has 0 spiro atoms. The van der Waals surface area contributed by atoms with Gasteiger partial charge in [0.1, 0.15) is 5.75 Å². The van der Waals surface area contributed by atoms with Crippen LogP contribution in [0.25, 0.3) is 10.2 Å². The lowest BCUT2D eigenvalue weighted by Crippen LogP contribution is -2.22. The molecule has 0 aliphatic heterocycles. The van der Waals surface area contributed by atoms with Crippen LogP contribution in [0.4, 0.5) is 5.13 Å². The lowest BCUT2D eigenvalue weighted by atomic mass is 10.3. The second-order valence-corrected chi connectivity index (χ2v) is 7.32. The number of methoxy groups -OCH3 is 1. The summed E-state index contributed by atoms with van der Waals surface area (Å²) in [4.78, 5) is 4.23. The zero-order valence-electron chi connectivity index (χ0n) is 10.3. The number of aromatic nitrogens is 1. The zero-order valence-corrected chi connectivity index (χ0v) is 11.9. The first-order valence-electron chi connectivity index (χ1n) is 5.38. The van der Waals surface area contributed by atoms with Crippen molar-refractivity contribution in [3.05, 3.63) is 18.2 Å². The molecular formula is C11H14N2O3S2. The maximum Gasteiger partial charge on any atom is 0.236 e. The molecular weight excluding hydrogens is 272 g/mol. The van der Waals surface area contributed by atoms with Gasteiger partial charge in [-0.25, -0.2) is 13.4 Å². The average Bonchev–Trinajstić information content (AvgIpc) is 2.68. The van der Waals surface area contributed by atoms with Gasteiger partial charge in [-0.2, -0.15) is 0 Å². The van der Waals surface area contributed by atoms with Crippen LogP contribution in [0.2, 0.25) is 0 Å². The van der Waals surface area contributed by atoms with E-state index >= 15 is 0 Å². The third-order valence-corrected chi connectivity index (χ3v) is 5.23. The van der Waals surface area contributed by atoms with Crippen LogP contribution in [0.3, 0.4) is 0 Å². The molecule has 0 fully saturated rings. The Morgan fingerprint density at radius 3 is 2.72 bits per heavy atom. The summed E-state index contributed by atoms with van der Waals surface area (Å²) in [5.74, 6) is 0.726. The molecule has 0 aliphatic rings. The molecule has 5 nitrogen and oxygen atoms in total. The summed E-state index contributed by atoms with van der Waals surface area (Å²) in [5, 5.41) is -0.106. The van der Waals surface area contributed by atoms with Gasteiger partial charge in [-0.1, -0.05) is 11.3 Å². The van der Waals surface area contributed by atoms with Gasteiger partial charge in [0, 0.05) is 0 Å². The van der Waals surface area contributed by atoms with E-state index in [-0.39, 0.29) is 0 Å². The highest BCUT2D eigenvalue weighted by Gasteiger charge is 2.17. The Kier molecular flexibility index (Phi) is 3.45. The van der Waals surface area contributed by atoms with E-state index in [4.69, 9.17) is 4.74 Å². The fourth-order valence-corrected chi connectivity index (χ4v) is 3.10. The van der Waals surface area contributed by atoms with Crippen molar-refractivity contribution in [2.45, 2.75) is 19.1 Å². The predicted molar refractivity (Wildman–Crippen MR) is 73.9 cm³/mol. The van der Waals surface area contributed by atoms with Gasteiger partial charge in [0.15, 0.2) is 5.13 Å². The lowest BCUT2D eigenvalue weighted by molar-refractivity contribution is 0.415. The van der Waals surface area contributed by atoms with Crippen molar-refractivity contribution in [2.75, 3.05) is 11.8 Å². The first kappa shape index (κ1) is 13.1. The molecule has 0 aliphatic carbocycles. The van der Waals surface area contributed by atoms with Crippen LogP contribution in [0.5, 0.6) is 5.75 Å². The molecule has 0 unspecified atom stereocenters. The number of rotatable bonds is 4. The van der Waals surface area contributed by atoms with Gasteiger partial charge in [0.25, 0.3) is 0 Å². The van der Waals surface area contributed by atoms with Crippen molar-refractivity contribution < 1.29 is 13.2 Å². The van der Waals surface area contributed by atoms with Crippen LogP contribution >= 0.6 is 11.3 Å². The summed E-state index contributed by atoms with van der Waals surface area (Å²) >= 11 is 1.29. The molecule has 98 valence electrons. The Bertz CT molecular complexity index is 662. The standard InChI is InChI=1S/C11H14N2O3S2/c1-7(2)18(14,15)13-11-12-9-5-4-8(16-3)6-10(9)17-11/h4-7H,1-3H3,(H,12,13). The summed E-state index contributed by atoms with van der Waals surface area (Å²) in [6, 6.07) is 5.43. The number of nitrogens with one attached hydrogen (secondary N) is 1. The number of sulfonamides is 1. The topological polar surface area (TPSA) is 68.3 Å². The number of anilines is 1. The quantitative estimate of drug-likeness (QED) is 0.937. The van der Waals surface area contributed by atoms with Crippen molar-refractivity contribution in [1.82, 2.24) is 4.98 Å². The maximum atomic E-state index is 11.7. The van der Waals surface area contributed by atoms with Crippen LogP contribution in [-0.2, 0) is 10.0 Å². The van der Waals surface area contributed by atoms with Crippen LogP contribution in [0.15, 0.2) is 18.2 Å². The van der Waals surface area contributed by atoms with E-state index in [1.54, 1.807) is 33.1 Å². The Morgan fingerprint density at radius 1 is 1.39 bits per heavy atom. The third kappa shape index (κ3) is 2.56. The van der Waals surface area contributed by atoms with Crippen LogP contribution < -0.4 is 9.46 Å². The van der Waals surface area contributed by atoms with Gasteiger partial charge in [-0.15, -0.1) is 0 Å². The van der Waals surface area contributed by atoms with Crippen molar-refractivity contribution in [1.29, 1.82) is 0 Å². The van der Waals surface area contributed by atoms with Gasteiger partial charge in [0.2, 0.25) is 10.0 Å². The smallest absolute Gasteiger partial charge is 0.236 e. The number of nitrogens with zero attached hydrogens (tertiary/aromatic N) is 1. The molecule has 0 saturated carbocycles. The number of fused-ring (bicyclic) bond motifs is 1. The first-order chi connectivity index (χ1) is 8.42. The molecule has 1 aromatic heterocycles. The summed E-state index contributed by atoms with van der Waals surface area (Å²) in [7, 11) is -1.76. The predicted octanol–water partition coefficient (Wildman–Crippen LogP) is 2.46. The molecule has 7 heteroatoms. The molecule has 2 rings (SSSR count). The SMILES string of the molecule is COc1ccc2nc(NS(=O)(=O)C(C)C)sc2c1. The molecule has 0 saturated heterocycles. The molecule has 18 heavy (non-hydrogen) atoms. The molecule has 1 N–H and O–H groups in total. The van der Waals surface area contributed by atoms with Crippen LogP contribution in [0.1, 0.15) is 13.8 Å². The van der Waals surface area contributed by atoms with E-state index in [0.29, 0.717) is 5.13 Å². The van der Waals surface area contributed by atoms with Crippen molar-refractivity contribution in [3.8, 4) is 5.75 Å². The Labute approximate surface area is 110 Å². The van der Waals surface area contributed by atoms with Crippen molar-refractivity contribution in [2.24, 2.45) is 0 Å². The van der Waals surface area contributed by atoms with Gasteiger partial charge >= 0.3 is 0 Å². The number of hydrogen-bond donors (Lipinski definition) is 1. The minimum absolute atomic E-state index is 0.381. The van der Waals surface area contributed by atoms with Crippen molar-refractivity contribution >= 4 is 36.7 Å². The number of benzene rings is 1. The molecule has 2 aromatic rings. The molecule has 0 amide bonds. The summed E-state index contributed by atoms with van der Waals surface area (Å²) in [6.07, 6.45) is 0. The lowest BCUT2D eigenvalue weighted by Gasteiger charge is -2.06. The van der Waals surface area contributed by atoms with E-state index in [1.807, 2.05) is 6.07 Å². The minimum Gasteiger partial charge on any atom is -0.497 e. The Balaban J connectivity index is 2.36. The Hall–Kier alpha value is -1.34. The van der Waals surface area contributed by atoms with Crippen molar-refractivity contribution in [3.63, 3.8) is 0 Å². The Morgan fingerprint density at radius 2 is 2.11 bits per heavy atom. The average molecular weight is 286 g/mol. The van der Waals surface area contributed by atoms with E-state index in [2.05, 4.69) is 9.71 Å². The van der Waals surface area contributed by atoms with E-state index in [1.165, 1.54) is 11.3 Å². The molecule has 1 aromatic carbocycles. The first-order valence-corrected chi connectivity index (χ1v) is 7.75. The third-order valence-electron chi connectivity index (χ3n) is 2.45. The largest absolute Gasteiger partial charge is 0.497 e. The highest BCUT2D eigenvalue weighted by molar-refractivity contribution is 7.93. The number of thiazole rings is 1. The van der Waals surface area contributed by atoms with E-state index in [0.717, 1.165) is 16.0 Å². The van der Waals surface area contributed by atoms with Gasteiger partial charge in [0.05, 0.1) is 22.6 Å². The molecule has 0 atom stereocenters. The molecule has 0 bridgehead atoms. The van der Waals surface area contributed by atoms with E-state index < -0.39 is 15.3 Å². The monoisotopic (exact) mass is 286 g/mol. The fourth-order valence-electron chi connectivity index (χ4n) is 1.32. The van der Waals surface area contributed by atoms with Gasteiger partial charge < -0.3 is 4.74 Å². The van der Waals surface area contributed by atoms with Gasteiger partial charge in [-0.3, -0.25) is 4.72 Å². The highest BCUT2D eigenvalue weighted by Crippen LogP contribution is 2.29. The highest BCUT2D eigenvalue weighted by atomic mass is 32.2. The van der Waals surface area contributed by atoms with Crippen LogP contribution in [-0.4, -0.2) is 25.8 Å². The summed E-state index contributed by atoms with van der Waals surface area (Å²) < 4.78 is 31.9. The van der Waals surface area contributed by atoms with E-state index in [9.17, 15) is 8.42 Å². The normalized spacial score (nSPS) is 12.0. The summed E-state index contributed by atoms with van der Waals surface area (Å²) in [6.45, 7) is 3.25. The zero-order chi connectivity index (χ0) is 13.3. The summed E-state index contributed by atoms with van der Waals surface area (Å²) in [5.41, 5.74) is 0.752. The second kappa shape index (κ2) is 4.74. The second-order valence-electron chi connectivity index (χ2n) is 4.05. The molecule has 1 heterocycles. The maximum absolute atomic E-state index is 11.7. The number of ether oxygens (including phenoxy) is 1. The molecule has 0 radical (unpaired) electrons. The fraction of sp³-hybridized carbons (Fsp3) is 0.364. The minimum atomic E-state index is -3.35. The van der Waals surface area contributed by atoms with Gasteiger partial charge in [-0.05, 0) is 32.0 Å².